The summed E-state index contributed by atoms with van der Waals surface area (Å²) in [5.41, 5.74) is 4.42. The highest BCUT2D eigenvalue weighted by Gasteiger charge is 2.33. The molecule has 0 aliphatic carbocycles. The Morgan fingerprint density at radius 1 is 1.33 bits per heavy atom. The molecule has 1 unspecified atom stereocenters. The molecule has 1 aromatic carbocycles. The Labute approximate surface area is 104 Å². The second kappa shape index (κ2) is 5.48. The molecule has 0 heterocycles. The van der Waals surface area contributed by atoms with Crippen LogP contribution >= 0.6 is 0 Å². The average molecular weight is 262 g/mol. The molecule has 0 amide bonds. The molecule has 6 heteroatoms. The predicted molar refractivity (Wildman–Crippen MR) is 65.2 cm³/mol. The highest BCUT2D eigenvalue weighted by Crippen LogP contribution is 2.35. The van der Waals surface area contributed by atoms with Gasteiger partial charge in [0.2, 0.25) is 0 Å². The SMILES string of the molecule is CC(C)C(CO)Nc1ccc(N)c(C(F)(F)F)c1. The summed E-state index contributed by atoms with van der Waals surface area (Å²) in [6, 6.07) is 3.34. The van der Waals surface area contributed by atoms with Crippen LogP contribution in [0.4, 0.5) is 24.5 Å². The highest BCUT2D eigenvalue weighted by molar-refractivity contribution is 5.58. The molecule has 0 saturated heterocycles. The van der Waals surface area contributed by atoms with Crippen LogP contribution in [0, 0.1) is 5.92 Å². The number of hydrogen-bond donors (Lipinski definition) is 3. The number of nitrogen functional groups attached to an aromatic ring is 1. The van der Waals surface area contributed by atoms with E-state index in [1.807, 2.05) is 13.8 Å². The van der Waals surface area contributed by atoms with Crippen molar-refractivity contribution in [2.75, 3.05) is 17.7 Å². The zero-order valence-electron chi connectivity index (χ0n) is 10.3. The fourth-order valence-electron chi connectivity index (χ4n) is 1.53. The summed E-state index contributed by atoms with van der Waals surface area (Å²) in [5.74, 6) is 0.0990. The summed E-state index contributed by atoms with van der Waals surface area (Å²) in [5, 5.41) is 12.0. The van der Waals surface area contributed by atoms with Gasteiger partial charge in [0, 0.05) is 11.4 Å². The monoisotopic (exact) mass is 262 g/mol. The normalized spacial score (nSPS) is 13.7. The van der Waals surface area contributed by atoms with Crippen LogP contribution in [-0.4, -0.2) is 17.8 Å². The molecule has 0 bridgehead atoms. The molecule has 4 N–H and O–H groups in total. The largest absolute Gasteiger partial charge is 0.418 e. The lowest BCUT2D eigenvalue weighted by molar-refractivity contribution is -0.136. The average Bonchev–Trinajstić information content (AvgIpc) is 2.25. The van der Waals surface area contributed by atoms with E-state index >= 15 is 0 Å². The number of rotatable bonds is 4. The summed E-state index contributed by atoms with van der Waals surface area (Å²) in [6.45, 7) is 3.59. The van der Waals surface area contributed by atoms with Crippen molar-refractivity contribution in [3.8, 4) is 0 Å². The van der Waals surface area contributed by atoms with Crippen LogP contribution < -0.4 is 11.1 Å². The lowest BCUT2D eigenvalue weighted by atomic mass is 10.0. The van der Waals surface area contributed by atoms with Crippen molar-refractivity contribution in [3.63, 3.8) is 0 Å². The van der Waals surface area contributed by atoms with Gasteiger partial charge in [-0.15, -0.1) is 0 Å². The number of aliphatic hydroxyl groups is 1. The van der Waals surface area contributed by atoms with E-state index in [0.29, 0.717) is 5.69 Å². The first-order chi connectivity index (χ1) is 8.25. The first kappa shape index (κ1) is 14.6. The maximum atomic E-state index is 12.6. The third kappa shape index (κ3) is 3.53. The lowest BCUT2D eigenvalue weighted by Crippen LogP contribution is -2.29. The van der Waals surface area contributed by atoms with Gasteiger partial charge in [0.25, 0.3) is 0 Å². The summed E-state index contributed by atoms with van der Waals surface area (Å²) in [4.78, 5) is 0. The van der Waals surface area contributed by atoms with Crippen LogP contribution in [0.2, 0.25) is 0 Å². The molecule has 0 spiro atoms. The highest BCUT2D eigenvalue weighted by atomic mass is 19.4. The van der Waals surface area contributed by atoms with Gasteiger partial charge in [-0.05, 0) is 24.1 Å². The van der Waals surface area contributed by atoms with Crippen LogP contribution in [0.5, 0.6) is 0 Å². The fraction of sp³-hybridized carbons (Fsp3) is 0.500. The Kier molecular flexibility index (Phi) is 4.45. The Morgan fingerprint density at radius 3 is 2.39 bits per heavy atom. The van der Waals surface area contributed by atoms with Gasteiger partial charge in [-0.2, -0.15) is 13.2 Å². The molecule has 18 heavy (non-hydrogen) atoms. The number of halogens is 3. The molecule has 102 valence electrons. The van der Waals surface area contributed by atoms with E-state index in [4.69, 9.17) is 10.8 Å². The standard InChI is InChI=1S/C12H17F3N2O/c1-7(2)11(6-18)17-8-3-4-10(16)9(5-8)12(13,14)15/h3-5,7,11,17-18H,6,16H2,1-2H3. The third-order valence-electron chi connectivity index (χ3n) is 2.71. The summed E-state index contributed by atoms with van der Waals surface area (Å²) < 4.78 is 37.9. The Balaban J connectivity index is 2.99. The number of nitrogens with one attached hydrogen (secondary N) is 1. The second-order valence-electron chi connectivity index (χ2n) is 4.48. The quantitative estimate of drug-likeness (QED) is 0.731. The number of alkyl halides is 3. The van der Waals surface area contributed by atoms with E-state index in [-0.39, 0.29) is 24.3 Å². The van der Waals surface area contributed by atoms with Gasteiger partial charge in [-0.25, -0.2) is 0 Å². The van der Waals surface area contributed by atoms with Crippen molar-refractivity contribution < 1.29 is 18.3 Å². The number of hydrogen-bond acceptors (Lipinski definition) is 3. The molecule has 0 aromatic heterocycles. The van der Waals surface area contributed by atoms with Crippen LogP contribution in [0.25, 0.3) is 0 Å². The molecular weight excluding hydrogens is 245 g/mol. The maximum absolute atomic E-state index is 12.6. The van der Waals surface area contributed by atoms with E-state index < -0.39 is 11.7 Å². The summed E-state index contributed by atoms with van der Waals surface area (Å²) in [7, 11) is 0. The van der Waals surface area contributed by atoms with Gasteiger partial charge in [-0.1, -0.05) is 13.8 Å². The maximum Gasteiger partial charge on any atom is 0.418 e. The molecule has 1 aromatic rings. The zero-order chi connectivity index (χ0) is 13.9. The molecule has 0 aliphatic rings. The number of benzene rings is 1. The molecule has 0 radical (unpaired) electrons. The van der Waals surface area contributed by atoms with Crippen molar-refractivity contribution >= 4 is 11.4 Å². The van der Waals surface area contributed by atoms with Gasteiger partial charge in [0.05, 0.1) is 18.2 Å². The minimum Gasteiger partial charge on any atom is -0.398 e. The molecule has 0 fully saturated rings. The van der Waals surface area contributed by atoms with Crippen molar-refractivity contribution in [3.05, 3.63) is 23.8 Å². The van der Waals surface area contributed by atoms with Crippen LogP contribution in [0.3, 0.4) is 0 Å². The van der Waals surface area contributed by atoms with Crippen LogP contribution in [0.1, 0.15) is 19.4 Å². The van der Waals surface area contributed by atoms with Gasteiger partial charge in [0.15, 0.2) is 0 Å². The van der Waals surface area contributed by atoms with Crippen molar-refractivity contribution in [2.24, 2.45) is 5.92 Å². The number of aliphatic hydroxyl groups excluding tert-OH is 1. The first-order valence-corrected chi connectivity index (χ1v) is 5.59. The predicted octanol–water partition coefficient (Wildman–Crippen LogP) is 2.72. The smallest absolute Gasteiger partial charge is 0.398 e. The van der Waals surface area contributed by atoms with Gasteiger partial charge < -0.3 is 16.2 Å². The van der Waals surface area contributed by atoms with Crippen molar-refractivity contribution in [1.29, 1.82) is 0 Å². The molecule has 1 rings (SSSR count). The van der Waals surface area contributed by atoms with Crippen molar-refractivity contribution in [2.45, 2.75) is 26.1 Å². The fourth-order valence-corrected chi connectivity index (χ4v) is 1.53. The molecule has 0 aliphatic heterocycles. The third-order valence-corrected chi connectivity index (χ3v) is 2.71. The van der Waals surface area contributed by atoms with E-state index in [1.165, 1.54) is 12.1 Å². The first-order valence-electron chi connectivity index (χ1n) is 5.59. The van der Waals surface area contributed by atoms with Gasteiger partial charge >= 0.3 is 6.18 Å². The number of nitrogens with two attached hydrogens (primary N) is 1. The van der Waals surface area contributed by atoms with E-state index in [1.54, 1.807) is 0 Å². The molecule has 1 atom stereocenters. The Hall–Kier alpha value is -1.43. The Bertz CT molecular complexity index is 405. The summed E-state index contributed by atoms with van der Waals surface area (Å²) >= 11 is 0. The van der Waals surface area contributed by atoms with Crippen LogP contribution in [0.15, 0.2) is 18.2 Å². The number of anilines is 2. The van der Waals surface area contributed by atoms with Gasteiger partial charge in [0.1, 0.15) is 0 Å². The topological polar surface area (TPSA) is 58.3 Å². The lowest BCUT2D eigenvalue weighted by Gasteiger charge is -2.22. The minimum atomic E-state index is -4.48. The van der Waals surface area contributed by atoms with E-state index in [2.05, 4.69) is 5.32 Å². The van der Waals surface area contributed by atoms with E-state index in [0.717, 1.165) is 6.07 Å². The zero-order valence-corrected chi connectivity index (χ0v) is 10.3. The Morgan fingerprint density at radius 2 is 1.94 bits per heavy atom. The minimum absolute atomic E-state index is 0.0990. The molecular formula is C12H17F3N2O. The van der Waals surface area contributed by atoms with E-state index in [9.17, 15) is 13.2 Å². The molecule has 0 saturated carbocycles. The van der Waals surface area contributed by atoms with Gasteiger partial charge in [-0.3, -0.25) is 0 Å². The second-order valence-corrected chi connectivity index (χ2v) is 4.48. The van der Waals surface area contributed by atoms with Crippen LogP contribution in [-0.2, 0) is 6.18 Å². The van der Waals surface area contributed by atoms with Crippen molar-refractivity contribution in [1.82, 2.24) is 0 Å². The summed E-state index contributed by atoms with van der Waals surface area (Å²) in [6.07, 6.45) is -4.48. The molecule has 3 nitrogen and oxygen atoms in total.